The standard InChI is InChI=1S/C13H13N5O3/c1-2-4-9-14-13-16-11(19)7-10(18(13)17-9)15-12(20)8-5-3-6-21-8/h3,5-7H,2,4H2,1H3,(H,15,20)(H,14,16,17,19). The Bertz CT molecular complexity index is 831. The summed E-state index contributed by atoms with van der Waals surface area (Å²) >= 11 is 0. The largest absolute Gasteiger partial charge is 0.459 e. The van der Waals surface area contributed by atoms with E-state index >= 15 is 0 Å². The molecular weight excluding hydrogens is 274 g/mol. The average molecular weight is 287 g/mol. The number of nitrogens with one attached hydrogen (secondary N) is 2. The highest BCUT2D eigenvalue weighted by Crippen LogP contribution is 2.10. The van der Waals surface area contributed by atoms with Crippen molar-refractivity contribution in [1.29, 1.82) is 0 Å². The van der Waals surface area contributed by atoms with Gasteiger partial charge in [0.2, 0.25) is 5.78 Å². The van der Waals surface area contributed by atoms with E-state index in [2.05, 4.69) is 20.4 Å². The fraction of sp³-hybridized carbons (Fsp3) is 0.231. The summed E-state index contributed by atoms with van der Waals surface area (Å²) in [5.74, 6) is 0.829. The number of rotatable bonds is 4. The van der Waals surface area contributed by atoms with Gasteiger partial charge in [0.1, 0.15) is 5.82 Å². The molecule has 3 heterocycles. The molecule has 0 fully saturated rings. The van der Waals surface area contributed by atoms with Crippen molar-refractivity contribution in [2.24, 2.45) is 0 Å². The van der Waals surface area contributed by atoms with E-state index in [0.29, 0.717) is 18.0 Å². The number of nitrogens with zero attached hydrogens (tertiary/aromatic N) is 3. The highest BCUT2D eigenvalue weighted by molar-refractivity contribution is 6.01. The number of amides is 1. The molecule has 21 heavy (non-hydrogen) atoms. The number of aryl methyl sites for hydroxylation is 1. The van der Waals surface area contributed by atoms with Gasteiger partial charge >= 0.3 is 0 Å². The SMILES string of the molecule is CCCc1nc2[nH]c(=O)cc(NC(=O)c3ccco3)n2n1. The van der Waals surface area contributed by atoms with Gasteiger partial charge in [-0.1, -0.05) is 6.92 Å². The Kier molecular flexibility index (Phi) is 3.27. The highest BCUT2D eigenvalue weighted by Gasteiger charge is 2.14. The van der Waals surface area contributed by atoms with E-state index in [-0.39, 0.29) is 17.1 Å². The molecule has 0 radical (unpaired) electrons. The molecule has 0 saturated carbocycles. The Morgan fingerprint density at radius 1 is 1.52 bits per heavy atom. The zero-order chi connectivity index (χ0) is 14.8. The van der Waals surface area contributed by atoms with Crippen LogP contribution in [-0.2, 0) is 6.42 Å². The lowest BCUT2D eigenvalue weighted by Gasteiger charge is -2.04. The lowest BCUT2D eigenvalue weighted by molar-refractivity contribution is 0.0996. The van der Waals surface area contributed by atoms with Crippen molar-refractivity contribution in [2.45, 2.75) is 19.8 Å². The molecule has 8 heteroatoms. The third-order valence-corrected chi connectivity index (χ3v) is 2.84. The quantitative estimate of drug-likeness (QED) is 0.750. The van der Waals surface area contributed by atoms with Gasteiger partial charge in [-0.05, 0) is 18.6 Å². The summed E-state index contributed by atoms with van der Waals surface area (Å²) in [6.07, 6.45) is 2.97. The molecule has 0 aromatic carbocycles. The average Bonchev–Trinajstić information content (AvgIpc) is 3.07. The molecule has 3 aromatic rings. The van der Waals surface area contributed by atoms with Crippen LogP contribution in [0.2, 0.25) is 0 Å². The van der Waals surface area contributed by atoms with E-state index in [9.17, 15) is 9.59 Å². The minimum atomic E-state index is -0.459. The molecule has 0 unspecified atom stereocenters. The van der Waals surface area contributed by atoms with Crippen LogP contribution in [0.5, 0.6) is 0 Å². The number of aromatic nitrogens is 4. The summed E-state index contributed by atoms with van der Waals surface area (Å²) in [7, 11) is 0. The van der Waals surface area contributed by atoms with Crippen LogP contribution in [0.3, 0.4) is 0 Å². The van der Waals surface area contributed by atoms with Crippen LogP contribution in [0, 0.1) is 0 Å². The monoisotopic (exact) mass is 287 g/mol. The number of carbonyl (C=O) groups is 1. The van der Waals surface area contributed by atoms with Gasteiger partial charge in [0, 0.05) is 12.5 Å². The van der Waals surface area contributed by atoms with Gasteiger partial charge in [-0.3, -0.25) is 14.6 Å². The van der Waals surface area contributed by atoms with Crippen LogP contribution >= 0.6 is 0 Å². The van der Waals surface area contributed by atoms with Crippen molar-refractivity contribution in [3.63, 3.8) is 0 Å². The molecule has 0 aliphatic rings. The predicted octanol–water partition coefficient (Wildman–Crippen LogP) is 1.22. The van der Waals surface area contributed by atoms with Gasteiger partial charge in [0.15, 0.2) is 11.6 Å². The maximum atomic E-state index is 12.0. The zero-order valence-corrected chi connectivity index (χ0v) is 11.3. The van der Waals surface area contributed by atoms with E-state index in [0.717, 1.165) is 6.42 Å². The van der Waals surface area contributed by atoms with E-state index < -0.39 is 5.91 Å². The van der Waals surface area contributed by atoms with Crippen molar-refractivity contribution in [1.82, 2.24) is 19.6 Å². The van der Waals surface area contributed by atoms with E-state index in [1.807, 2.05) is 6.92 Å². The number of aromatic amines is 1. The Hall–Kier alpha value is -2.90. The topological polar surface area (TPSA) is 105 Å². The lowest BCUT2D eigenvalue weighted by atomic mass is 10.3. The number of hydrogen-bond donors (Lipinski definition) is 2. The molecule has 8 nitrogen and oxygen atoms in total. The minimum absolute atomic E-state index is 0.150. The second-order valence-corrected chi connectivity index (χ2v) is 4.46. The number of furan rings is 1. The zero-order valence-electron chi connectivity index (χ0n) is 11.3. The second-order valence-electron chi connectivity index (χ2n) is 4.46. The number of carbonyl (C=O) groups excluding carboxylic acids is 1. The van der Waals surface area contributed by atoms with Crippen molar-refractivity contribution in [2.75, 3.05) is 5.32 Å². The van der Waals surface area contributed by atoms with Crippen LogP contribution in [0.4, 0.5) is 5.82 Å². The first-order valence-corrected chi connectivity index (χ1v) is 6.51. The first kappa shape index (κ1) is 13.1. The third-order valence-electron chi connectivity index (χ3n) is 2.84. The fourth-order valence-electron chi connectivity index (χ4n) is 1.94. The molecule has 0 aliphatic carbocycles. The molecule has 0 saturated heterocycles. The van der Waals surface area contributed by atoms with E-state index in [1.54, 1.807) is 6.07 Å². The van der Waals surface area contributed by atoms with Crippen molar-refractivity contribution >= 4 is 17.5 Å². The lowest BCUT2D eigenvalue weighted by Crippen LogP contribution is -2.18. The summed E-state index contributed by atoms with van der Waals surface area (Å²) < 4.78 is 6.41. The Balaban J connectivity index is 2.00. The van der Waals surface area contributed by atoms with Crippen LogP contribution in [-0.4, -0.2) is 25.5 Å². The van der Waals surface area contributed by atoms with Crippen LogP contribution in [0.15, 0.2) is 33.7 Å². The van der Waals surface area contributed by atoms with E-state index in [4.69, 9.17) is 4.42 Å². The van der Waals surface area contributed by atoms with Gasteiger partial charge in [-0.25, -0.2) is 0 Å². The van der Waals surface area contributed by atoms with Gasteiger partial charge < -0.3 is 9.73 Å². The molecule has 108 valence electrons. The van der Waals surface area contributed by atoms with Gasteiger partial charge in [-0.2, -0.15) is 9.50 Å². The minimum Gasteiger partial charge on any atom is -0.459 e. The third kappa shape index (κ3) is 2.55. The first-order chi connectivity index (χ1) is 10.2. The summed E-state index contributed by atoms with van der Waals surface area (Å²) in [6.45, 7) is 2.01. The fourth-order valence-corrected chi connectivity index (χ4v) is 1.94. The normalized spacial score (nSPS) is 10.9. The summed E-state index contributed by atoms with van der Waals surface area (Å²) in [5, 5.41) is 6.86. The van der Waals surface area contributed by atoms with Crippen LogP contribution in [0.1, 0.15) is 29.7 Å². The Morgan fingerprint density at radius 2 is 2.38 bits per heavy atom. The number of H-pyrrole nitrogens is 1. The maximum Gasteiger partial charge on any atom is 0.292 e. The highest BCUT2D eigenvalue weighted by atomic mass is 16.3. The van der Waals surface area contributed by atoms with Crippen molar-refractivity contribution in [3.05, 3.63) is 46.4 Å². The molecule has 3 rings (SSSR count). The number of hydrogen-bond acceptors (Lipinski definition) is 5. The summed E-state index contributed by atoms with van der Waals surface area (Å²) in [4.78, 5) is 30.4. The summed E-state index contributed by atoms with van der Waals surface area (Å²) in [6, 6.07) is 4.39. The smallest absolute Gasteiger partial charge is 0.292 e. The molecule has 0 bridgehead atoms. The predicted molar refractivity (Wildman–Crippen MR) is 74.3 cm³/mol. The molecule has 0 atom stereocenters. The first-order valence-electron chi connectivity index (χ1n) is 6.51. The van der Waals surface area contributed by atoms with Gasteiger partial charge in [0.25, 0.3) is 11.5 Å². The molecule has 3 aromatic heterocycles. The summed E-state index contributed by atoms with van der Waals surface area (Å²) in [5.41, 5.74) is -0.368. The molecule has 0 aliphatic heterocycles. The Morgan fingerprint density at radius 3 is 3.10 bits per heavy atom. The van der Waals surface area contributed by atoms with Crippen molar-refractivity contribution < 1.29 is 9.21 Å². The van der Waals surface area contributed by atoms with Crippen LogP contribution in [0.25, 0.3) is 5.78 Å². The van der Waals surface area contributed by atoms with Gasteiger partial charge in [0.05, 0.1) is 6.26 Å². The van der Waals surface area contributed by atoms with E-state index in [1.165, 1.54) is 22.9 Å². The molecular formula is C13H13N5O3. The molecule has 2 N–H and O–H groups in total. The maximum absolute atomic E-state index is 12.0. The second kappa shape index (κ2) is 5.23. The van der Waals surface area contributed by atoms with Crippen molar-refractivity contribution in [3.8, 4) is 0 Å². The molecule has 0 spiro atoms. The number of fused-ring (bicyclic) bond motifs is 1. The number of anilines is 1. The van der Waals surface area contributed by atoms with Gasteiger partial charge in [-0.15, -0.1) is 5.10 Å². The van der Waals surface area contributed by atoms with Crippen LogP contribution < -0.4 is 10.9 Å². The molecule has 1 amide bonds. The Labute approximate surface area is 118 Å².